The van der Waals surface area contributed by atoms with Crippen molar-refractivity contribution in [1.82, 2.24) is 0 Å². The fourth-order valence-electron chi connectivity index (χ4n) is 3.33. The Labute approximate surface area is 162 Å². The molecule has 0 aliphatic carbocycles. The first kappa shape index (κ1) is 20.2. The number of halogens is 2. The normalized spacial score (nSPS) is 16.4. The van der Waals surface area contributed by atoms with E-state index in [9.17, 15) is 22.0 Å². The van der Waals surface area contributed by atoms with Crippen LogP contribution in [0.1, 0.15) is 37.8 Å². The molecular weight excluding hydrogens is 386 g/mol. The van der Waals surface area contributed by atoms with Gasteiger partial charge in [0.05, 0.1) is 10.5 Å². The van der Waals surface area contributed by atoms with Gasteiger partial charge in [-0.05, 0) is 55.3 Å². The summed E-state index contributed by atoms with van der Waals surface area (Å²) in [6.07, 6.45) is 1.80. The van der Waals surface area contributed by atoms with Gasteiger partial charge >= 0.3 is 0 Å². The molecule has 2 aromatic rings. The summed E-state index contributed by atoms with van der Waals surface area (Å²) in [4.78, 5) is 13.3. The summed E-state index contributed by atoms with van der Waals surface area (Å²) in [5, 5.41) is 0. The van der Waals surface area contributed by atoms with E-state index in [2.05, 4.69) is 0 Å². The third-order valence-corrected chi connectivity index (χ3v) is 6.18. The summed E-state index contributed by atoms with van der Waals surface area (Å²) >= 11 is 0. The van der Waals surface area contributed by atoms with Crippen LogP contribution in [0.3, 0.4) is 0 Å². The number of carbonyl (C=O) groups is 1. The van der Waals surface area contributed by atoms with Crippen LogP contribution in [-0.4, -0.2) is 26.1 Å². The molecule has 1 aliphatic rings. The summed E-state index contributed by atoms with van der Waals surface area (Å²) in [7, 11) is -3.40. The first-order valence-corrected chi connectivity index (χ1v) is 10.8. The van der Waals surface area contributed by atoms with E-state index in [1.165, 1.54) is 24.3 Å². The van der Waals surface area contributed by atoms with Gasteiger partial charge in [-0.3, -0.25) is 4.79 Å². The second kappa shape index (κ2) is 7.13. The van der Waals surface area contributed by atoms with Gasteiger partial charge in [-0.25, -0.2) is 17.2 Å². The molecule has 0 N–H and O–H groups in total. The topological polar surface area (TPSA) is 60.4 Å². The lowest BCUT2D eigenvalue weighted by Crippen LogP contribution is -2.35. The monoisotopic (exact) mass is 406 g/mol. The van der Waals surface area contributed by atoms with Gasteiger partial charge in [0, 0.05) is 17.4 Å². The molecule has 2 aromatic carbocycles. The molecule has 0 bridgehead atoms. The number of carbonyl (C=O) groups excluding carboxylic acids is 1. The third-order valence-electron chi connectivity index (χ3n) is 5.05. The summed E-state index contributed by atoms with van der Waals surface area (Å²) in [5.41, 5.74) is -0.953. The molecule has 28 heavy (non-hydrogen) atoms. The van der Waals surface area contributed by atoms with Gasteiger partial charge in [0.2, 0.25) is 5.78 Å². The van der Waals surface area contributed by atoms with Crippen LogP contribution in [0.4, 0.5) is 8.78 Å². The van der Waals surface area contributed by atoms with Crippen LogP contribution in [0.25, 0.3) is 11.3 Å². The van der Waals surface area contributed by atoms with E-state index in [0.29, 0.717) is 18.4 Å². The molecule has 0 amide bonds. The molecule has 0 radical (unpaired) electrons. The SMILES string of the molecule is CCC1(CC)OC(c2ccc(S(C)(=O)=O)cc2)=C(c2cc(F)ccc2F)C1=O. The maximum absolute atomic E-state index is 14.5. The molecule has 0 saturated carbocycles. The lowest BCUT2D eigenvalue weighted by atomic mass is 9.86. The predicted molar refractivity (Wildman–Crippen MR) is 102 cm³/mol. The van der Waals surface area contributed by atoms with Crippen molar-refractivity contribution in [3.8, 4) is 0 Å². The highest BCUT2D eigenvalue weighted by Gasteiger charge is 2.48. The van der Waals surface area contributed by atoms with E-state index < -0.39 is 32.9 Å². The average molecular weight is 406 g/mol. The van der Waals surface area contributed by atoms with Gasteiger partial charge < -0.3 is 4.74 Å². The second-order valence-corrected chi connectivity index (χ2v) is 8.77. The van der Waals surface area contributed by atoms with Gasteiger partial charge in [-0.1, -0.05) is 13.8 Å². The highest BCUT2D eigenvalue weighted by molar-refractivity contribution is 7.90. The quantitative estimate of drug-likeness (QED) is 0.739. The molecule has 4 nitrogen and oxygen atoms in total. The van der Waals surface area contributed by atoms with Crippen molar-refractivity contribution < 1.29 is 26.7 Å². The Morgan fingerprint density at radius 1 is 1.00 bits per heavy atom. The predicted octanol–water partition coefficient (Wildman–Crippen LogP) is 4.39. The number of hydrogen-bond acceptors (Lipinski definition) is 4. The molecule has 7 heteroatoms. The maximum Gasteiger partial charge on any atom is 0.210 e. The van der Waals surface area contributed by atoms with E-state index in [0.717, 1.165) is 24.5 Å². The van der Waals surface area contributed by atoms with Gasteiger partial charge in [-0.2, -0.15) is 0 Å². The lowest BCUT2D eigenvalue weighted by Gasteiger charge is -2.25. The number of Topliss-reactive ketones (excluding diaryl/α,β-unsaturated/α-hetero) is 1. The van der Waals surface area contributed by atoms with Gasteiger partial charge in [0.1, 0.15) is 17.4 Å². The lowest BCUT2D eigenvalue weighted by molar-refractivity contribution is -0.128. The summed E-state index contributed by atoms with van der Waals surface area (Å²) in [6.45, 7) is 3.58. The Hall–Kier alpha value is -2.54. The molecule has 1 aliphatic heterocycles. The Kier molecular flexibility index (Phi) is 5.14. The number of sulfone groups is 1. The largest absolute Gasteiger partial charge is 0.478 e. The maximum atomic E-state index is 14.5. The number of ether oxygens (including phenoxy) is 1. The van der Waals surface area contributed by atoms with Crippen molar-refractivity contribution in [2.45, 2.75) is 37.2 Å². The Morgan fingerprint density at radius 3 is 2.14 bits per heavy atom. The molecule has 1 heterocycles. The summed E-state index contributed by atoms with van der Waals surface area (Å²) in [6, 6.07) is 8.69. The van der Waals surface area contributed by atoms with E-state index in [1.807, 2.05) is 0 Å². The molecule has 0 saturated heterocycles. The molecule has 0 spiro atoms. The van der Waals surface area contributed by atoms with Crippen molar-refractivity contribution in [3.05, 3.63) is 65.2 Å². The highest BCUT2D eigenvalue weighted by Crippen LogP contribution is 2.45. The van der Waals surface area contributed by atoms with Gasteiger partial charge in [0.15, 0.2) is 15.4 Å². The van der Waals surface area contributed by atoms with Crippen LogP contribution in [0.2, 0.25) is 0 Å². The third kappa shape index (κ3) is 3.35. The van der Waals surface area contributed by atoms with Crippen molar-refractivity contribution in [2.24, 2.45) is 0 Å². The standard InChI is InChI=1S/C21H20F2O4S/c1-4-21(5-2)20(24)18(16-12-14(22)8-11-17(16)23)19(27-21)13-6-9-15(10-7-13)28(3,25)26/h6-12H,4-5H2,1-3H3. The molecular formula is C21H20F2O4S. The zero-order valence-electron chi connectivity index (χ0n) is 15.8. The first-order chi connectivity index (χ1) is 13.1. The van der Waals surface area contributed by atoms with E-state index in [4.69, 9.17) is 4.74 Å². The highest BCUT2D eigenvalue weighted by atomic mass is 32.2. The van der Waals surface area contributed by atoms with Crippen molar-refractivity contribution >= 4 is 27.0 Å². The minimum absolute atomic E-state index is 0.0344. The summed E-state index contributed by atoms with van der Waals surface area (Å²) in [5.74, 6) is -1.70. The molecule has 3 rings (SSSR count). The smallest absolute Gasteiger partial charge is 0.210 e. The number of hydrogen-bond donors (Lipinski definition) is 0. The van der Waals surface area contributed by atoms with E-state index >= 15 is 0 Å². The Balaban J connectivity index is 2.24. The number of rotatable bonds is 5. The van der Waals surface area contributed by atoms with Gasteiger partial charge in [0.25, 0.3) is 0 Å². The fourth-order valence-corrected chi connectivity index (χ4v) is 3.96. The number of benzene rings is 2. The van der Waals surface area contributed by atoms with Crippen LogP contribution in [-0.2, 0) is 19.4 Å². The van der Waals surface area contributed by atoms with Crippen LogP contribution in [0.5, 0.6) is 0 Å². The average Bonchev–Trinajstić information content (AvgIpc) is 2.96. The van der Waals surface area contributed by atoms with Crippen LogP contribution in [0.15, 0.2) is 47.4 Å². The van der Waals surface area contributed by atoms with Gasteiger partial charge in [-0.15, -0.1) is 0 Å². The zero-order valence-corrected chi connectivity index (χ0v) is 16.6. The van der Waals surface area contributed by atoms with Crippen LogP contribution >= 0.6 is 0 Å². The molecule has 0 aromatic heterocycles. The van der Waals surface area contributed by atoms with E-state index in [-0.39, 0.29) is 21.8 Å². The van der Waals surface area contributed by atoms with Crippen LogP contribution < -0.4 is 0 Å². The second-order valence-electron chi connectivity index (χ2n) is 6.76. The minimum atomic E-state index is -3.40. The number of ketones is 1. The first-order valence-electron chi connectivity index (χ1n) is 8.87. The minimum Gasteiger partial charge on any atom is -0.478 e. The Morgan fingerprint density at radius 2 is 1.61 bits per heavy atom. The van der Waals surface area contributed by atoms with E-state index in [1.54, 1.807) is 13.8 Å². The molecule has 0 unspecified atom stereocenters. The summed E-state index contributed by atoms with van der Waals surface area (Å²) < 4.78 is 57.7. The molecule has 148 valence electrons. The van der Waals surface area contributed by atoms with Crippen molar-refractivity contribution in [3.63, 3.8) is 0 Å². The Bertz CT molecular complexity index is 1070. The van der Waals surface area contributed by atoms with Crippen molar-refractivity contribution in [1.29, 1.82) is 0 Å². The van der Waals surface area contributed by atoms with Crippen LogP contribution in [0, 0.1) is 11.6 Å². The fraction of sp³-hybridized carbons (Fsp3) is 0.286. The van der Waals surface area contributed by atoms with Crippen molar-refractivity contribution in [2.75, 3.05) is 6.26 Å². The molecule has 0 atom stereocenters. The zero-order chi connectivity index (χ0) is 20.7. The molecule has 0 fully saturated rings.